The van der Waals surface area contributed by atoms with Crippen LogP contribution < -0.4 is 10.1 Å². The molecule has 2 aromatic rings. The summed E-state index contributed by atoms with van der Waals surface area (Å²) in [6.45, 7) is 6.74. The average Bonchev–Trinajstić information content (AvgIpc) is 2.81. The third-order valence-electron chi connectivity index (χ3n) is 2.46. The highest BCUT2D eigenvalue weighted by molar-refractivity contribution is 5.60. The molecular formula is C13H18N4O. The molecule has 2 heterocycles. The summed E-state index contributed by atoms with van der Waals surface area (Å²) >= 11 is 0. The van der Waals surface area contributed by atoms with Crippen molar-refractivity contribution >= 4 is 11.5 Å². The topological polar surface area (TPSA) is 52.0 Å². The van der Waals surface area contributed by atoms with Crippen LogP contribution in [-0.2, 0) is 0 Å². The van der Waals surface area contributed by atoms with E-state index in [2.05, 4.69) is 29.2 Å². The van der Waals surface area contributed by atoms with E-state index in [1.54, 1.807) is 12.4 Å². The van der Waals surface area contributed by atoms with Crippen molar-refractivity contribution in [3.63, 3.8) is 0 Å². The van der Waals surface area contributed by atoms with Crippen molar-refractivity contribution in [3.8, 4) is 5.75 Å². The third-order valence-corrected chi connectivity index (χ3v) is 2.46. The second-order valence-electron chi connectivity index (χ2n) is 4.21. The highest BCUT2D eigenvalue weighted by atomic mass is 16.5. The molecule has 2 rings (SSSR count). The highest BCUT2D eigenvalue weighted by Gasteiger charge is 2.06. The molecule has 96 valence electrons. The molecule has 0 bridgehead atoms. The van der Waals surface area contributed by atoms with Gasteiger partial charge in [-0.15, -0.1) is 0 Å². The number of hydrogen-bond donors (Lipinski definition) is 1. The van der Waals surface area contributed by atoms with E-state index in [0.29, 0.717) is 18.5 Å². The monoisotopic (exact) mass is 246 g/mol. The normalized spacial score (nSPS) is 10.7. The number of aromatic nitrogens is 3. The van der Waals surface area contributed by atoms with Gasteiger partial charge in [0.25, 0.3) is 0 Å². The number of nitrogens with zero attached hydrogens (tertiary/aromatic N) is 3. The first-order chi connectivity index (χ1) is 8.70. The van der Waals surface area contributed by atoms with Gasteiger partial charge in [0.05, 0.1) is 18.5 Å². The van der Waals surface area contributed by atoms with Crippen molar-refractivity contribution in [3.05, 3.63) is 30.7 Å². The lowest BCUT2D eigenvalue weighted by Gasteiger charge is -2.09. The van der Waals surface area contributed by atoms with Crippen LogP contribution in [0.3, 0.4) is 0 Å². The summed E-state index contributed by atoms with van der Waals surface area (Å²) in [6.07, 6.45) is 5.47. The van der Waals surface area contributed by atoms with E-state index in [1.165, 1.54) is 0 Å². The quantitative estimate of drug-likeness (QED) is 0.881. The van der Waals surface area contributed by atoms with Crippen LogP contribution in [0.1, 0.15) is 26.8 Å². The fraction of sp³-hybridized carbons (Fsp3) is 0.385. The summed E-state index contributed by atoms with van der Waals surface area (Å²) in [5.41, 5.74) is 0.906. The van der Waals surface area contributed by atoms with Gasteiger partial charge in [-0.3, -0.25) is 4.68 Å². The first kappa shape index (κ1) is 12.4. The zero-order valence-electron chi connectivity index (χ0n) is 10.9. The molecule has 0 aliphatic heterocycles. The molecule has 0 spiro atoms. The van der Waals surface area contributed by atoms with Crippen molar-refractivity contribution in [1.82, 2.24) is 14.8 Å². The van der Waals surface area contributed by atoms with Gasteiger partial charge in [0.15, 0.2) is 11.6 Å². The fourth-order valence-corrected chi connectivity index (χ4v) is 1.58. The maximum atomic E-state index is 5.51. The van der Waals surface area contributed by atoms with Crippen LogP contribution in [-0.4, -0.2) is 21.4 Å². The molecule has 0 atom stereocenters. The molecule has 1 N–H and O–H groups in total. The molecule has 0 aromatic carbocycles. The van der Waals surface area contributed by atoms with Gasteiger partial charge in [0.2, 0.25) is 0 Å². The molecule has 0 fully saturated rings. The summed E-state index contributed by atoms with van der Waals surface area (Å²) in [4.78, 5) is 4.27. The van der Waals surface area contributed by atoms with Crippen LogP contribution in [0.25, 0.3) is 0 Å². The van der Waals surface area contributed by atoms with Crippen molar-refractivity contribution in [2.75, 3.05) is 11.9 Å². The smallest absolute Gasteiger partial charge is 0.173 e. The van der Waals surface area contributed by atoms with E-state index in [0.717, 1.165) is 11.4 Å². The number of hydrogen-bond acceptors (Lipinski definition) is 4. The Bertz CT molecular complexity index is 507. The van der Waals surface area contributed by atoms with E-state index in [-0.39, 0.29) is 0 Å². The maximum Gasteiger partial charge on any atom is 0.173 e. The van der Waals surface area contributed by atoms with Gasteiger partial charge in [-0.05, 0) is 32.9 Å². The summed E-state index contributed by atoms with van der Waals surface area (Å²) in [5.74, 6) is 1.46. The lowest BCUT2D eigenvalue weighted by molar-refractivity contribution is 0.341. The van der Waals surface area contributed by atoms with E-state index >= 15 is 0 Å². The number of ether oxygens (including phenoxy) is 1. The van der Waals surface area contributed by atoms with Crippen molar-refractivity contribution in [1.29, 1.82) is 0 Å². The third kappa shape index (κ3) is 2.80. The maximum absolute atomic E-state index is 5.51. The van der Waals surface area contributed by atoms with Gasteiger partial charge in [-0.25, -0.2) is 4.98 Å². The van der Waals surface area contributed by atoms with Crippen molar-refractivity contribution in [2.24, 2.45) is 0 Å². The molecule has 5 nitrogen and oxygen atoms in total. The molecule has 18 heavy (non-hydrogen) atoms. The van der Waals surface area contributed by atoms with Gasteiger partial charge < -0.3 is 10.1 Å². The summed E-state index contributed by atoms with van der Waals surface area (Å²) < 4.78 is 7.41. The minimum Gasteiger partial charge on any atom is -0.490 e. The number of anilines is 2. The summed E-state index contributed by atoms with van der Waals surface area (Å²) in [5, 5.41) is 7.49. The lowest BCUT2D eigenvalue weighted by atomic mass is 10.4. The molecule has 2 aromatic heterocycles. The Kier molecular flexibility index (Phi) is 3.82. The van der Waals surface area contributed by atoms with E-state index < -0.39 is 0 Å². The van der Waals surface area contributed by atoms with Crippen LogP contribution in [0.5, 0.6) is 5.75 Å². The van der Waals surface area contributed by atoms with Gasteiger partial charge in [-0.1, -0.05) is 0 Å². The Morgan fingerprint density at radius 3 is 2.94 bits per heavy atom. The largest absolute Gasteiger partial charge is 0.490 e. The number of nitrogens with one attached hydrogen (secondary N) is 1. The van der Waals surface area contributed by atoms with Gasteiger partial charge in [0, 0.05) is 18.4 Å². The van der Waals surface area contributed by atoms with E-state index in [1.807, 2.05) is 29.9 Å². The van der Waals surface area contributed by atoms with Crippen LogP contribution in [0.2, 0.25) is 0 Å². The second kappa shape index (κ2) is 5.53. The van der Waals surface area contributed by atoms with Crippen molar-refractivity contribution in [2.45, 2.75) is 26.8 Å². The Balaban J connectivity index is 2.17. The van der Waals surface area contributed by atoms with E-state index in [4.69, 9.17) is 4.74 Å². The SMILES string of the molecule is CCOc1cccnc1Nc1cnn(C(C)C)c1. The zero-order chi connectivity index (χ0) is 13.0. The van der Waals surface area contributed by atoms with Crippen LogP contribution in [0.4, 0.5) is 11.5 Å². The molecule has 0 saturated carbocycles. The summed E-state index contributed by atoms with van der Waals surface area (Å²) in [6, 6.07) is 4.09. The zero-order valence-corrected chi connectivity index (χ0v) is 10.9. The van der Waals surface area contributed by atoms with E-state index in [9.17, 15) is 0 Å². The van der Waals surface area contributed by atoms with Crippen LogP contribution in [0.15, 0.2) is 30.7 Å². The van der Waals surface area contributed by atoms with Gasteiger partial charge in [-0.2, -0.15) is 5.10 Å². The predicted octanol–water partition coefficient (Wildman–Crippen LogP) is 3.00. The standard InChI is InChI=1S/C13H18N4O/c1-4-18-12-6-5-7-14-13(12)16-11-8-15-17(9-11)10(2)3/h5-10H,4H2,1-3H3,(H,14,16). The molecule has 5 heteroatoms. The molecule has 0 saturated heterocycles. The van der Waals surface area contributed by atoms with Crippen LogP contribution >= 0.6 is 0 Å². The summed E-state index contributed by atoms with van der Waals surface area (Å²) in [7, 11) is 0. The number of pyridine rings is 1. The molecule has 0 aliphatic rings. The van der Waals surface area contributed by atoms with Gasteiger partial charge in [0.1, 0.15) is 0 Å². The minimum absolute atomic E-state index is 0.343. The molecule has 0 unspecified atom stereocenters. The Hall–Kier alpha value is -2.04. The Morgan fingerprint density at radius 1 is 1.44 bits per heavy atom. The fourth-order valence-electron chi connectivity index (χ4n) is 1.58. The second-order valence-corrected chi connectivity index (χ2v) is 4.21. The minimum atomic E-state index is 0.343. The van der Waals surface area contributed by atoms with Crippen molar-refractivity contribution < 1.29 is 4.74 Å². The molecular weight excluding hydrogens is 228 g/mol. The lowest BCUT2D eigenvalue weighted by Crippen LogP contribution is -2.01. The van der Waals surface area contributed by atoms with Crippen LogP contribution in [0, 0.1) is 0 Å². The number of rotatable bonds is 5. The molecule has 0 amide bonds. The Labute approximate surface area is 107 Å². The molecule has 0 radical (unpaired) electrons. The highest BCUT2D eigenvalue weighted by Crippen LogP contribution is 2.24. The Morgan fingerprint density at radius 2 is 2.28 bits per heavy atom. The first-order valence-electron chi connectivity index (χ1n) is 6.09. The predicted molar refractivity (Wildman–Crippen MR) is 71.3 cm³/mol. The molecule has 0 aliphatic carbocycles. The van der Waals surface area contributed by atoms with Gasteiger partial charge >= 0.3 is 0 Å². The first-order valence-corrected chi connectivity index (χ1v) is 6.09. The average molecular weight is 246 g/mol.